The molecule has 0 saturated carbocycles. The smallest absolute Gasteiger partial charge is 0.130 e. The lowest BCUT2D eigenvalue weighted by Crippen LogP contribution is -2.22. The molecule has 0 aliphatic carbocycles. The largest absolute Gasteiger partial charge is 0.487 e. The van der Waals surface area contributed by atoms with Crippen LogP contribution in [-0.2, 0) is 13.0 Å². The van der Waals surface area contributed by atoms with Gasteiger partial charge in [-0.25, -0.2) is 4.98 Å². The normalized spacial score (nSPS) is 18.2. The summed E-state index contributed by atoms with van der Waals surface area (Å²) in [5.41, 5.74) is 4.10. The van der Waals surface area contributed by atoms with Gasteiger partial charge in [-0.3, -0.25) is 0 Å². The fourth-order valence-corrected chi connectivity index (χ4v) is 5.16. The maximum absolute atomic E-state index is 11.0. The van der Waals surface area contributed by atoms with Crippen molar-refractivity contribution in [1.29, 1.82) is 0 Å². The highest BCUT2D eigenvalue weighted by atomic mass is 32.2. The molecule has 1 aliphatic heterocycles. The zero-order valence-corrected chi connectivity index (χ0v) is 17.4. The van der Waals surface area contributed by atoms with Crippen molar-refractivity contribution in [2.24, 2.45) is 5.92 Å². The van der Waals surface area contributed by atoms with Gasteiger partial charge >= 0.3 is 0 Å². The Morgan fingerprint density at radius 2 is 1.77 bits per heavy atom. The second-order valence-electron chi connectivity index (χ2n) is 7.69. The second kappa shape index (κ2) is 8.50. The Labute approximate surface area is 180 Å². The maximum Gasteiger partial charge on any atom is 0.130 e. The molecule has 3 nitrogen and oxygen atoms in total. The lowest BCUT2D eigenvalue weighted by atomic mass is 9.90. The Balaban J connectivity index is 1.30. The first kappa shape index (κ1) is 19.2. The summed E-state index contributed by atoms with van der Waals surface area (Å²) in [5, 5.41) is 12.2. The fourth-order valence-electron chi connectivity index (χ4n) is 3.95. The molecule has 4 heteroatoms. The van der Waals surface area contributed by atoms with Crippen LogP contribution in [0.1, 0.15) is 22.9 Å². The summed E-state index contributed by atoms with van der Waals surface area (Å²) in [6.07, 6.45) is 0.393. The van der Waals surface area contributed by atoms with Gasteiger partial charge in [0.05, 0.1) is 17.3 Å². The standard InChI is InChI=1S/C26H23NO2S/c28-26-20(14-18-6-2-1-3-7-18)17-30-25-13-12-22(15-23(25)26)29-16-21-11-10-19-8-4-5-9-24(19)27-21/h1-13,15,20,26,28H,14,16-17H2. The van der Waals surface area contributed by atoms with E-state index in [9.17, 15) is 5.11 Å². The summed E-state index contributed by atoms with van der Waals surface area (Å²) in [5.74, 6) is 1.88. The molecule has 3 aromatic carbocycles. The van der Waals surface area contributed by atoms with Crippen molar-refractivity contribution in [2.75, 3.05) is 5.75 Å². The Hall–Kier alpha value is -2.82. The third kappa shape index (κ3) is 4.07. The first-order valence-corrected chi connectivity index (χ1v) is 11.2. The van der Waals surface area contributed by atoms with Crippen molar-refractivity contribution in [3.63, 3.8) is 0 Å². The van der Waals surface area contributed by atoms with Gasteiger partial charge in [0.2, 0.25) is 0 Å². The molecule has 1 aromatic heterocycles. The number of thioether (sulfide) groups is 1. The molecule has 1 aliphatic rings. The van der Waals surface area contributed by atoms with Gasteiger partial charge in [0.25, 0.3) is 0 Å². The van der Waals surface area contributed by atoms with Gasteiger partial charge in [0.15, 0.2) is 0 Å². The van der Waals surface area contributed by atoms with Crippen LogP contribution in [0.3, 0.4) is 0 Å². The minimum atomic E-state index is -0.483. The van der Waals surface area contributed by atoms with Crippen LogP contribution in [0.5, 0.6) is 5.75 Å². The quantitative estimate of drug-likeness (QED) is 0.448. The second-order valence-corrected chi connectivity index (χ2v) is 8.75. The number of fused-ring (bicyclic) bond motifs is 2. The van der Waals surface area contributed by atoms with Gasteiger partial charge in [0, 0.05) is 22.0 Å². The van der Waals surface area contributed by atoms with Crippen LogP contribution in [0.2, 0.25) is 0 Å². The van der Waals surface area contributed by atoms with Crippen LogP contribution >= 0.6 is 11.8 Å². The van der Waals surface area contributed by atoms with Gasteiger partial charge in [-0.2, -0.15) is 0 Å². The van der Waals surface area contributed by atoms with E-state index in [1.165, 1.54) is 5.56 Å². The van der Waals surface area contributed by atoms with Gasteiger partial charge in [-0.05, 0) is 47.9 Å². The molecule has 0 radical (unpaired) electrons. The third-order valence-electron chi connectivity index (χ3n) is 5.58. The molecule has 2 heterocycles. The van der Waals surface area contributed by atoms with Crippen molar-refractivity contribution in [2.45, 2.75) is 24.0 Å². The predicted molar refractivity (Wildman–Crippen MR) is 122 cm³/mol. The molecule has 150 valence electrons. The molecule has 2 unspecified atom stereocenters. The summed E-state index contributed by atoms with van der Waals surface area (Å²) < 4.78 is 6.03. The number of pyridine rings is 1. The first-order valence-electron chi connectivity index (χ1n) is 10.2. The number of hydrogen-bond acceptors (Lipinski definition) is 4. The molecule has 1 N–H and O–H groups in total. The monoisotopic (exact) mass is 413 g/mol. The minimum absolute atomic E-state index is 0.197. The lowest BCUT2D eigenvalue weighted by molar-refractivity contribution is 0.114. The lowest BCUT2D eigenvalue weighted by Gasteiger charge is -2.30. The molecule has 0 bridgehead atoms. The Morgan fingerprint density at radius 3 is 2.67 bits per heavy atom. The Kier molecular flexibility index (Phi) is 5.43. The number of rotatable bonds is 5. The van der Waals surface area contributed by atoms with Crippen molar-refractivity contribution in [3.8, 4) is 5.75 Å². The molecular weight excluding hydrogens is 390 g/mol. The number of para-hydroxylation sites is 1. The molecule has 0 saturated heterocycles. The zero-order valence-electron chi connectivity index (χ0n) is 16.6. The Morgan fingerprint density at radius 1 is 0.933 bits per heavy atom. The average molecular weight is 414 g/mol. The number of aromatic nitrogens is 1. The summed E-state index contributed by atoms with van der Waals surface area (Å²) >= 11 is 1.82. The van der Waals surface area contributed by atoms with Crippen LogP contribution in [0.25, 0.3) is 10.9 Å². The number of ether oxygens (including phenoxy) is 1. The van der Waals surface area contributed by atoms with Gasteiger partial charge in [-0.15, -0.1) is 11.8 Å². The van der Waals surface area contributed by atoms with E-state index in [0.717, 1.165) is 45.0 Å². The van der Waals surface area contributed by atoms with Crippen molar-refractivity contribution < 1.29 is 9.84 Å². The van der Waals surface area contributed by atoms with Gasteiger partial charge in [0.1, 0.15) is 12.4 Å². The third-order valence-corrected chi connectivity index (χ3v) is 6.86. The van der Waals surface area contributed by atoms with E-state index in [2.05, 4.69) is 47.4 Å². The number of benzene rings is 3. The zero-order chi connectivity index (χ0) is 20.3. The maximum atomic E-state index is 11.0. The first-order chi connectivity index (χ1) is 14.8. The van der Waals surface area contributed by atoms with E-state index in [1.54, 1.807) is 0 Å². The van der Waals surface area contributed by atoms with E-state index in [4.69, 9.17) is 4.74 Å². The van der Waals surface area contributed by atoms with Crippen molar-refractivity contribution >= 4 is 22.7 Å². The number of aliphatic hydroxyl groups is 1. The van der Waals surface area contributed by atoms with Crippen molar-refractivity contribution in [1.82, 2.24) is 4.98 Å². The molecule has 4 aromatic rings. The average Bonchev–Trinajstić information content (AvgIpc) is 2.80. The van der Waals surface area contributed by atoms with Crippen LogP contribution in [0.4, 0.5) is 0 Å². The number of hydrogen-bond donors (Lipinski definition) is 1. The molecule has 2 atom stereocenters. The van der Waals surface area contributed by atoms with Gasteiger partial charge < -0.3 is 9.84 Å². The Bertz CT molecular complexity index is 1160. The van der Waals surface area contributed by atoms with Crippen LogP contribution in [-0.4, -0.2) is 15.8 Å². The topological polar surface area (TPSA) is 42.4 Å². The minimum Gasteiger partial charge on any atom is -0.487 e. The van der Waals surface area contributed by atoms with Crippen LogP contribution < -0.4 is 4.74 Å². The van der Waals surface area contributed by atoms with Crippen LogP contribution in [0.15, 0.2) is 89.8 Å². The molecular formula is C26H23NO2S. The SMILES string of the molecule is OC1c2cc(OCc3ccc4ccccc4n3)ccc2SCC1Cc1ccccc1. The van der Waals surface area contributed by atoms with E-state index in [1.807, 2.05) is 54.2 Å². The van der Waals surface area contributed by atoms with E-state index >= 15 is 0 Å². The molecule has 0 spiro atoms. The molecule has 0 amide bonds. The fraction of sp³-hybridized carbons (Fsp3) is 0.192. The molecule has 5 rings (SSSR count). The van der Waals surface area contributed by atoms with E-state index in [0.29, 0.717) is 6.61 Å². The molecule has 30 heavy (non-hydrogen) atoms. The molecule has 0 fully saturated rings. The summed E-state index contributed by atoms with van der Waals surface area (Å²) in [7, 11) is 0. The number of aliphatic hydroxyl groups excluding tert-OH is 1. The highest BCUT2D eigenvalue weighted by Crippen LogP contribution is 2.42. The van der Waals surface area contributed by atoms with E-state index < -0.39 is 6.10 Å². The van der Waals surface area contributed by atoms with Crippen molar-refractivity contribution in [3.05, 3.63) is 102 Å². The predicted octanol–water partition coefficient (Wildman–Crippen LogP) is 5.81. The summed E-state index contributed by atoms with van der Waals surface area (Å²) in [6, 6.07) is 28.6. The van der Waals surface area contributed by atoms with Crippen LogP contribution in [0, 0.1) is 5.92 Å². The highest BCUT2D eigenvalue weighted by molar-refractivity contribution is 7.99. The highest BCUT2D eigenvalue weighted by Gasteiger charge is 2.29. The van der Waals surface area contributed by atoms with E-state index in [-0.39, 0.29) is 5.92 Å². The van der Waals surface area contributed by atoms with Gasteiger partial charge in [-0.1, -0.05) is 54.6 Å². The number of nitrogens with zero attached hydrogens (tertiary/aromatic N) is 1. The summed E-state index contributed by atoms with van der Waals surface area (Å²) in [6.45, 7) is 0.403. The summed E-state index contributed by atoms with van der Waals surface area (Å²) in [4.78, 5) is 5.81.